The van der Waals surface area contributed by atoms with Crippen LogP contribution in [0.5, 0.6) is 11.5 Å². The number of methoxy groups -OCH3 is 2. The van der Waals surface area contributed by atoms with Crippen LogP contribution in [0, 0.1) is 6.92 Å². The molecular formula is C21H21NO4. The lowest BCUT2D eigenvalue weighted by atomic mass is 10.0. The van der Waals surface area contributed by atoms with Crippen LogP contribution in [0.15, 0.2) is 53.2 Å². The predicted molar refractivity (Wildman–Crippen MR) is 101 cm³/mol. The number of rotatable bonds is 6. The molecule has 5 nitrogen and oxygen atoms in total. The highest BCUT2D eigenvalue weighted by molar-refractivity contribution is 6.07. The zero-order chi connectivity index (χ0) is 18.5. The average Bonchev–Trinajstić information content (AvgIpc) is 3.01. The molecule has 1 aliphatic rings. The number of esters is 1. The summed E-state index contributed by atoms with van der Waals surface area (Å²) in [6.07, 6.45) is 3.02. The molecule has 26 heavy (non-hydrogen) atoms. The Bertz CT molecular complexity index is 883. The van der Waals surface area contributed by atoms with Crippen LogP contribution in [0.3, 0.4) is 0 Å². The van der Waals surface area contributed by atoms with E-state index < -0.39 is 5.97 Å². The largest absolute Gasteiger partial charge is 0.497 e. The number of benzene rings is 2. The van der Waals surface area contributed by atoms with E-state index in [0.717, 1.165) is 12.0 Å². The summed E-state index contributed by atoms with van der Waals surface area (Å²) in [4.78, 5) is 16.5. The predicted octanol–water partition coefficient (Wildman–Crippen LogP) is 3.94. The summed E-state index contributed by atoms with van der Waals surface area (Å²) < 4.78 is 15.8. The van der Waals surface area contributed by atoms with Crippen molar-refractivity contribution in [3.8, 4) is 11.5 Å². The van der Waals surface area contributed by atoms with E-state index in [9.17, 15) is 4.79 Å². The number of hydrogen-bond donors (Lipinski definition) is 0. The van der Waals surface area contributed by atoms with Crippen molar-refractivity contribution in [1.82, 2.24) is 0 Å². The van der Waals surface area contributed by atoms with Gasteiger partial charge in [0.2, 0.25) is 0 Å². The van der Waals surface area contributed by atoms with Crippen LogP contribution in [0.1, 0.15) is 23.1 Å². The number of hydrogen-bond acceptors (Lipinski definition) is 5. The van der Waals surface area contributed by atoms with Gasteiger partial charge < -0.3 is 14.2 Å². The zero-order valence-electron chi connectivity index (χ0n) is 15.1. The Kier molecular flexibility index (Phi) is 5.37. The summed E-state index contributed by atoms with van der Waals surface area (Å²) in [5.74, 6) is 1.29. The normalized spacial score (nSPS) is 15.0. The Morgan fingerprint density at radius 3 is 2.62 bits per heavy atom. The lowest BCUT2D eigenvalue weighted by Crippen LogP contribution is -2.05. The van der Waals surface area contributed by atoms with Gasteiger partial charge >= 0.3 is 5.97 Å². The molecule has 3 rings (SSSR count). The van der Waals surface area contributed by atoms with Crippen LogP contribution < -0.4 is 9.47 Å². The van der Waals surface area contributed by atoms with E-state index >= 15 is 0 Å². The maximum atomic E-state index is 12.1. The lowest BCUT2D eigenvalue weighted by Gasteiger charge is -2.07. The molecule has 0 amide bonds. The highest BCUT2D eigenvalue weighted by atomic mass is 16.6. The fraction of sp³-hybridized carbons (Fsp3) is 0.238. The van der Waals surface area contributed by atoms with Gasteiger partial charge in [-0.3, -0.25) is 0 Å². The van der Waals surface area contributed by atoms with Crippen LogP contribution in [0.4, 0.5) is 0 Å². The molecule has 0 saturated carbocycles. The quantitative estimate of drug-likeness (QED) is 0.584. The van der Waals surface area contributed by atoms with E-state index in [4.69, 9.17) is 14.2 Å². The third-order valence-electron chi connectivity index (χ3n) is 4.27. The second-order valence-corrected chi connectivity index (χ2v) is 5.96. The molecule has 134 valence electrons. The molecule has 5 heteroatoms. The van der Waals surface area contributed by atoms with Gasteiger partial charge in [0.05, 0.1) is 14.2 Å². The summed E-state index contributed by atoms with van der Waals surface area (Å²) in [5, 5.41) is 0. The van der Waals surface area contributed by atoms with Crippen molar-refractivity contribution in [1.29, 1.82) is 0 Å². The fourth-order valence-corrected chi connectivity index (χ4v) is 2.78. The lowest BCUT2D eigenvalue weighted by molar-refractivity contribution is -0.130. The number of nitrogens with zero attached hydrogens (tertiary/aromatic N) is 1. The molecule has 0 saturated heterocycles. The minimum absolute atomic E-state index is 0.272. The van der Waals surface area contributed by atoms with Gasteiger partial charge in [-0.25, -0.2) is 9.79 Å². The number of carbonyl (C=O) groups excluding carboxylic acids is 1. The number of aliphatic imine (C=N–C) groups is 1. The van der Waals surface area contributed by atoms with Crippen LogP contribution in [-0.4, -0.2) is 26.1 Å². The number of ether oxygens (including phenoxy) is 3. The van der Waals surface area contributed by atoms with Crippen LogP contribution in [-0.2, 0) is 16.0 Å². The van der Waals surface area contributed by atoms with Gasteiger partial charge in [-0.05, 0) is 42.7 Å². The molecule has 0 aromatic heterocycles. The zero-order valence-corrected chi connectivity index (χ0v) is 15.1. The second kappa shape index (κ2) is 7.87. The first kappa shape index (κ1) is 17.7. The van der Waals surface area contributed by atoms with Gasteiger partial charge in [0.1, 0.15) is 11.5 Å². The first-order chi connectivity index (χ1) is 12.6. The van der Waals surface area contributed by atoms with Crippen molar-refractivity contribution in [2.75, 3.05) is 14.2 Å². The van der Waals surface area contributed by atoms with Crippen molar-refractivity contribution < 1.29 is 19.0 Å². The van der Waals surface area contributed by atoms with E-state index in [2.05, 4.69) is 24.0 Å². The topological polar surface area (TPSA) is 57.1 Å². The minimum atomic E-state index is -0.442. The summed E-state index contributed by atoms with van der Waals surface area (Å²) in [6, 6.07) is 13.5. The van der Waals surface area contributed by atoms with Gasteiger partial charge in [0, 0.05) is 18.1 Å². The molecule has 0 fully saturated rings. The highest BCUT2D eigenvalue weighted by Gasteiger charge is 2.23. The second-order valence-electron chi connectivity index (χ2n) is 5.96. The third kappa shape index (κ3) is 3.94. The molecule has 2 aromatic rings. The monoisotopic (exact) mass is 351 g/mol. The van der Waals surface area contributed by atoms with Crippen molar-refractivity contribution in [2.24, 2.45) is 4.99 Å². The van der Waals surface area contributed by atoms with Gasteiger partial charge in [-0.2, -0.15) is 0 Å². The summed E-state index contributed by atoms with van der Waals surface area (Å²) >= 11 is 0. The van der Waals surface area contributed by atoms with Crippen molar-refractivity contribution in [3.05, 3.63) is 64.9 Å². The molecule has 0 spiro atoms. The molecule has 0 radical (unpaired) electrons. The maximum absolute atomic E-state index is 12.1. The van der Waals surface area contributed by atoms with E-state index in [0.29, 0.717) is 23.8 Å². The number of aryl methyl sites for hydroxylation is 2. The number of cyclic esters (lactones) is 1. The summed E-state index contributed by atoms with van der Waals surface area (Å²) in [7, 11) is 3.16. The van der Waals surface area contributed by atoms with Crippen molar-refractivity contribution >= 4 is 17.9 Å². The molecule has 0 unspecified atom stereocenters. The minimum Gasteiger partial charge on any atom is -0.497 e. The Balaban J connectivity index is 1.77. The molecule has 0 N–H and O–H groups in total. The van der Waals surface area contributed by atoms with Crippen LogP contribution in [0.25, 0.3) is 6.08 Å². The SMILES string of the molecule is COc1ccc(/C=C2/N=C(CCc3ccccc3C)OC2=O)c(OC)c1. The Hall–Kier alpha value is -3.08. The first-order valence-corrected chi connectivity index (χ1v) is 8.38. The van der Waals surface area contributed by atoms with Gasteiger partial charge in [0.25, 0.3) is 0 Å². The first-order valence-electron chi connectivity index (χ1n) is 8.38. The molecule has 0 bridgehead atoms. The summed E-state index contributed by atoms with van der Waals surface area (Å²) in [5.41, 5.74) is 3.45. The Morgan fingerprint density at radius 2 is 1.88 bits per heavy atom. The van der Waals surface area contributed by atoms with E-state index in [1.165, 1.54) is 11.1 Å². The summed E-state index contributed by atoms with van der Waals surface area (Å²) in [6.45, 7) is 2.07. The van der Waals surface area contributed by atoms with E-state index in [1.807, 2.05) is 18.2 Å². The van der Waals surface area contributed by atoms with Crippen LogP contribution >= 0.6 is 0 Å². The average molecular weight is 351 g/mol. The van der Waals surface area contributed by atoms with Gasteiger partial charge in [-0.1, -0.05) is 24.3 Å². The fourth-order valence-electron chi connectivity index (χ4n) is 2.78. The van der Waals surface area contributed by atoms with Crippen molar-refractivity contribution in [3.63, 3.8) is 0 Å². The third-order valence-corrected chi connectivity index (χ3v) is 4.27. The molecule has 1 aliphatic heterocycles. The molecule has 1 heterocycles. The molecular weight excluding hydrogens is 330 g/mol. The highest BCUT2D eigenvalue weighted by Crippen LogP contribution is 2.28. The molecule has 0 atom stereocenters. The van der Waals surface area contributed by atoms with Crippen molar-refractivity contribution in [2.45, 2.75) is 19.8 Å². The van der Waals surface area contributed by atoms with E-state index in [-0.39, 0.29) is 5.70 Å². The smallest absolute Gasteiger partial charge is 0.363 e. The van der Waals surface area contributed by atoms with Crippen LogP contribution in [0.2, 0.25) is 0 Å². The maximum Gasteiger partial charge on any atom is 0.363 e. The Labute approximate surface area is 152 Å². The standard InChI is InChI=1S/C21H21NO4/c1-14-6-4-5-7-15(14)9-11-20-22-18(21(23)26-20)12-16-8-10-17(24-2)13-19(16)25-3/h4-8,10,12-13H,9,11H2,1-3H3/b18-12+. The molecule has 0 aliphatic carbocycles. The van der Waals surface area contributed by atoms with Gasteiger partial charge in [-0.15, -0.1) is 0 Å². The Morgan fingerprint density at radius 1 is 1.08 bits per heavy atom. The van der Waals surface area contributed by atoms with E-state index in [1.54, 1.807) is 32.4 Å². The number of carbonyl (C=O) groups is 1. The van der Waals surface area contributed by atoms with Gasteiger partial charge in [0.15, 0.2) is 11.6 Å². The molecule has 2 aromatic carbocycles.